The number of nitrogens with zero attached hydrogens (tertiary/aromatic N) is 2. The molecule has 0 saturated carbocycles. The third-order valence-electron chi connectivity index (χ3n) is 5.42. The van der Waals surface area contributed by atoms with Crippen LogP contribution in [0.15, 0.2) is 51.1 Å². The van der Waals surface area contributed by atoms with E-state index in [0.717, 1.165) is 29.0 Å². The van der Waals surface area contributed by atoms with Crippen LogP contribution >= 0.6 is 15.9 Å². The van der Waals surface area contributed by atoms with Crippen molar-refractivity contribution in [1.29, 1.82) is 0 Å². The zero-order valence-corrected chi connectivity index (χ0v) is 31.4. The molecule has 6 heteroatoms. The van der Waals surface area contributed by atoms with Gasteiger partial charge >= 0.3 is 0 Å². The number of rotatable bonds is 7. The van der Waals surface area contributed by atoms with Gasteiger partial charge in [0.25, 0.3) is 0 Å². The molecule has 0 spiro atoms. The van der Waals surface area contributed by atoms with Crippen molar-refractivity contribution in [2.45, 2.75) is 141 Å². The Hall–Kier alpha value is -2.05. The minimum absolute atomic E-state index is 0.181. The largest absolute Gasteiger partial charge is 0.442 e. The van der Waals surface area contributed by atoms with E-state index in [-0.39, 0.29) is 11.9 Å². The Bertz CT molecular complexity index is 937. The maximum atomic E-state index is 12.8. The van der Waals surface area contributed by atoms with E-state index in [9.17, 15) is 4.39 Å². The first-order valence-electron chi connectivity index (χ1n) is 15.9. The molecule has 0 fully saturated rings. The zero-order chi connectivity index (χ0) is 33.5. The second-order valence-electron chi connectivity index (χ2n) is 9.54. The lowest BCUT2D eigenvalue weighted by Gasteiger charge is -2.08. The Morgan fingerprint density at radius 2 is 1.38 bits per heavy atom. The summed E-state index contributed by atoms with van der Waals surface area (Å²) in [6.07, 6.45) is 7.48. The molecule has 0 saturated heterocycles. The fourth-order valence-corrected chi connectivity index (χ4v) is 2.77. The van der Waals surface area contributed by atoms with Crippen molar-refractivity contribution in [3.05, 3.63) is 63.4 Å². The molecule has 1 atom stereocenters. The van der Waals surface area contributed by atoms with Crippen LogP contribution in [0.1, 0.15) is 132 Å². The lowest BCUT2D eigenvalue weighted by molar-refractivity contribution is 0.543. The maximum Gasteiger partial charge on any atom is 0.211 e. The highest BCUT2D eigenvalue weighted by Crippen LogP contribution is 2.20. The van der Waals surface area contributed by atoms with Gasteiger partial charge in [0.05, 0.1) is 10.2 Å². The van der Waals surface area contributed by atoms with Gasteiger partial charge in [0.1, 0.15) is 11.6 Å². The van der Waals surface area contributed by atoms with E-state index in [0.29, 0.717) is 10.4 Å². The van der Waals surface area contributed by atoms with Crippen LogP contribution in [0.2, 0.25) is 0 Å². The van der Waals surface area contributed by atoms with Gasteiger partial charge in [0.15, 0.2) is 0 Å². The topological polar surface area (TPSA) is 46.0 Å². The van der Waals surface area contributed by atoms with Gasteiger partial charge in [-0.05, 0) is 98.0 Å². The van der Waals surface area contributed by atoms with Crippen LogP contribution in [0.25, 0.3) is 0 Å². The number of ether oxygens (including phenoxy) is 1. The van der Waals surface area contributed by atoms with Crippen LogP contribution in [0.4, 0.5) is 4.39 Å². The van der Waals surface area contributed by atoms with Gasteiger partial charge in [0, 0.05) is 13.0 Å². The molecule has 2 aromatic carbocycles. The van der Waals surface area contributed by atoms with Crippen LogP contribution in [-0.4, -0.2) is 24.7 Å². The summed E-state index contributed by atoms with van der Waals surface area (Å²) in [7, 11) is 1.89. The third kappa shape index (κ3) is 28.1. The number of aryl methyl sites for hydroxylation is 3. The van der Waals surface area contributed by atoms with Gasteiger partial charge in [-0.2, -0.15) is 5.10 Å². The first-order chi connectivity index (χ1) is 19.9. The van der Waals surface area contributed by atoms with Gasteiger partial charge in [0.2, 0.25) is 5.90 Å². The summed E-state index contributed by atoms with van der Waals surface area (Å²) in [6, 6.07) is 11.4. The standard InChI is InChI=1S/C14H21N3O.C9H10BrF.2C4H10.C3H8.C2H6/c1-10-7-6-8-14(9-10)18-13(4)17-16-12(3)11(2)15-5;1-3-7-5-8(10)9(11)4-6(7)2;2*1-3-4-2;1-3-2;1-2/h6-9,11,15H,1-5H3;4-5H,3H2,1-2H3;2*3-4H2,1-2H3;3H2,1-2H3;1-2H3/b16-12+,17-13+;;;;;/t11-;;;;;/m1...../s1. The molecular weight excluding hydrogens is 589 g/mol. The molecule has 1 N–H and O–H groups in total. The third-order valence-corrected chi connectivity index (χ3v) is 6.03. The van der Waals surface area contributed by atoms with Crippen molar-refractivity contribution in [2.75, 3.05) is 7.05 Å². The van der Waals surface area contributed by atoms with E-state index in [2.05, 4.69) is 79.9 Å². The average molecular weight is 655 g/mol. The highest BCUT2D eigenvalue weighted by Gasteiger charge is 2.03. The Balaban J connectivity index is -0.000000254. The zero-order valence-electron chi connectivity index (χ0n) is 29.8. The minimum Gasteiger partial charge on any atom is -0.442 e. The average Bonchev–Trinajstić information content (AvgIpc) is 2.99. The summed E-state index contributed by atoms with van der Waals surface area (Å²) in [5, 5.41) is 11.3. The molecule has 244 valence electrons. The smallest absolute Gasteiger partial charge is 0.211 e. The van der Waals surface area contributed by atoms with Crippen LogP contribution in [-0.2, 0) is 6.42 Å². The number of unbranched alkanes of at least 4 members (excludes halogenated alkanes) is 2. The summed E-state index contributed by atoms with van der Waals surface area (Å²) < 4.78 is 19.0. The maximum absolute atomic E-state index is 12.8. The lowest BCUT2D eigenvalue weighted by atomic mass is 10.1. The first kappa shape index (κ1) is 46.9. The summed E-state index contributed by atoms with van der Waals surface area (Å²) in [4.78, 5) is 0. The van der Waals surface area contributed by atoms with E-state index in [1.54, 1.807) is 13.0 Å². The predicted octanol–water partition coefficient (Wildman–Crippen LogP) is 12.3. The molecule has 2 rings (SSSR count). The normalized spacial score (nSPS) is 10.9. The first-order valence-corrected chi connectivity index (χ1v) is 16.7. The van der Waals surface area contributed by atoms with Crippen molar-refractivity contribution < 1.29 is 9.13 Å². The summed E-state index contributed by atoms with van der Waals surface area (Å²) in [5.41, 5.74) is 4.29. The van der Waals surface area contributed by atoms with Gasteiger partial charge in [-0.1, -0.05) is 107 Å². The van der Waals surface area contributed by atoms with Crippen molar-refractivity contribution in [1.82, 2.24) is 5.32 Å². The van der Waals surface area contributed by atoms with Crippen molar-refractivity contribution >= 4 is 27.5 Å². The van der Waals surface area contributed by atoms with Crippen LogP contribution in [0, 0.1) is 19.7 Å². The lowest BCUT2D eigenvalue weighted by Crippen LogP contribution is -2.28. The van der Waals surface area contributed by atoms with Crippen molar-refractivity contribution in [2.24, 2.45) is 10.2 Å². The molecule has 0 heterocycles. The second-order valence-corrected chi connectivity index (χ2v) is 10.4. The Morgan fingerprint density at radius 3 is 1.79 bits per heavy atom. The van der Waals surface area contributed by atoms with E-state index in [1.807, 2.05) is 78.9 Å². The molecule has 0 bridgehead atoms. The van der Waals surface area contributed by atoms with Crippen molar-refractivity contribution in [3.63, 3.8) is 0 Å². The molecule has 0 aliphatic carbocycles. The number of hydrogen-bond acceptors (Lipinski definition) is 4. The molecule has 42 heavy (non-hydrogen) atoms. The van der Waals surface area contributed by atoms with Gasteiger partial charge in [-0.3, -0.25) is 0 Å². The summed E-state index contributed by atoms with van der Waals surface area (Å²) >= 11 is 3.15. The number of nitrogens with one attached hydrogen (secondary N) is 1. The number of hydrogen-bond donors (Lipinski definition) is 1. The molecule has 0 unspecified atom stereocenters. The Labute approximate surface area is 269 Å². The SMILES string of the molecule is CC.CCC.CCCC.CCCC.CCc1cc(Br)c(F)cc1C.CN[C@H](C)/C(C)=N/N=C(\C)Oc1cccc(C)c1. The molecular formula is C36H65BrFN3O. The molecule has 0 amide bonds. The van der Waals surface area contributed by atoms with E-state index >= 15 is 0 Å². The second kappa shape index (κ2) is 33.5. The molecule has 0 aliphatic rings. The van der Waals surface area contributed by atoms with E-state index in [4.69, 9.17) is 4.74 Å². The molecule has 2 aromatic rings. The molecule has 0 aliphatic heterocycles. The van der Waals surface area contributed by atoms with Gasteiger partial charge in [-0.25, -0.2) is 4.39 Å². The highest BCUT2D eigenvalue weighted by molar-refractivity contribution is 9.10. The van der Waals surface area contributed by atoms with Crippen LogP contribution in [0.3, 0.4) is 0 Å². The molecule has 4 nitrogen and oxygen atoms in total. The van der Waals surface area contributed by atoms with Gasteiger partial charge in [-0.15, -0.1) is 5.10 Å². The molecule has 0 aromatic heterocycles. The molecule has 0 radical (unpaired) electrons. The Kier molecular flexibility index (Phi) is 37.4. The highest BCUT2D eigenvalue weighted by atomic mass is 79.9. The fraction of sp³-hybridized carbons (Fsp3) is 0.611. The minimum atomic E-state index is -0.181. The van der Waals surface area contributed by atoms with E-state index < -0.39 is 0 Å². The van der Waals surface area contributed by atoms with Gasteiger partial charge < -0.3 is 10.1 Å². The van der Waals surface area contributed by atoms with Crippen molar-refractivity contribution in [3.8, 4) is 5.75 Å². The van der Waals surface area contributed by atoms with Crippen LogP contribution < -0.4 is 10.1 Å². The van der Waals surface area contributed by atoms with E-state index in [1.165, 1.54) is 37.7 Å². The van der Waals surface area contributed by atoms with Crippen LogP contribution in [0.5, 0.6) is 5.75 Å². The number of benzene rings is 2. The quantitative estimate of drug-likeness (QED) is 0.183. The monoisotopic (exact) mass is 653 g/mol. The fourth-order valence-electron chi connectivity index (χ4n) is 2.38. The summed E-state index contributed by atoms with van der Waals surface area (Å²) in [6.45, 7) is 28.7. The Morgan fingerprint density at radius 1 is 0.881 bits per heavy atom. The number of halogens is 2. The summed E-state index contributed by atoms with van der Waals surface area (Å²) in [5.74, 6) is 1.13. The predicted molar refractivity (Wildman–Crippen MR) is 193 cm³/mol.